The lowest BCUT2D eigenvalue weighted by Gasteiger charge is -2.09. The second-order valence-electron chi connectivity index (χ2n) is 5.72. The van der Waals surface area contributed by atoms with E-state index in [-0.39, 0.29) is 5.91 Å². The van der Waals surface area contributed by atoms with Crippen molar-refractivity contribution >= 4 is 17.4 Å². The van der Waals surface area contributed by atoms with Gasteiger partial charge in [0.15, 0.2) is 0 Å². The highest BCUT2D eigenvalue weighted by molar-refractivity contribution is 5.94. The van der Waals surface area contributed by atoms with E-state index in [0.29, 0.717) is 23.8 Å². The molecule has 2 N–H and O–H groups in total. The van der Waals surface area contributed by atoms with Crippen LogP contribution in [0.15, 0.2) is 42.6 Å². The smallest absolute Gasteiger partial charge is 0.252 e. The number of anilines is 2. The first-order valence-corrected chi connectivity index (χ1v) is 7.74. The summed E-state index contributed by atoms with van der Waals surface area (Å²) in [5, 5.41) is 6.08. The standard InChI is InChI=1S/C18H23N3O2/c1-13(2)10-11-19-18(22)14-4-9-17(20-12-14)21-15-5-7-16(23-3)8-6-15/h4-9,12-13H,10-11H2,1-3H3,(H,19,22)(H,20,21). The van der Waals surface area contributed by atoms with Crippen LogP contribution >= 0.6 is 0 Å². The normalized spacial score (nSPS) is 10.4. The summed E-state index contributed by atoms with van der Waals surface area (Å²) in [6.07, 6.45) is 2.55. The molecular formula is C18H23N3O2. The fourth-order valence-electron chi connectivity index (χ4n) is 2.00. The Balaban J connectivity index is 1.91. The van der Waals surface area contributed by atoms with Crippen LogP contribution in [0.1, 0.15) is 30.6 Å². The summed E-state index contributed by atoms with van der Waals surface area (Å²) in [7, 11) is 1.63. The first-order chi connectivity index (χ1) is 11.1. The Bertz CT molecular complexity index is 622. The van der Waals surface area contributed by atoms with Gasteiger partial charge in [-0.05, 0) is 48.7 Å². The molecule has 0 spiro atoms. The van der Waals surface area contributed by atoms with Crippen molar-refractivity contribution in [2.24, 2.45) is 5.92 Å². The molecule has 0 aliphatic rings. The lowest BCUT2D eigenvalue weighted by Crippen LogP contribution is -2.25. The Morgan fingerprint density at radius 3 is 2.48 bits per heavy atom. The van der Waals surface area contributed by atoms with E-state index in [1.54, 1.807) is 25.4 Å². The SMILES string of the molecule is COc1ccc(Nc2ccc(C(=O)NCCC(C)C)cn2)cc1. The number of methoxy groups -OCH3 is 1. The molecule has 1 aromatic carbocycles. The van der Waals surface area contributed by atoms with Crippen LogP contribution in [0.5, 0.6) is 5.75 Å². The molecule has 0 unspecified atom stereocenters. The van der Waals surface area contributed by atoms with Gasteiger partial charge in [0, 0.05) is 18.4 Å². The van der Waals surface area contributed by atoms with E-state index >= 15 is 0 Å². The Labute approximate surface area is 137 Å². The molecule has 0 saturated heterocycles. The topological polar surface area (TPSA) is 63.2 Å². The van der Waals surface area contributed by atoms with Crippen LogP contribution in [-0.2, 0) is 0 Å². The van der Waals surface area contributed by atoms with Gasteiger partial charge < -0.3 is 15.4 Å². The summed E-state index contributed by atoms with van der Waals surface area (Å²) in [4.78, 5) is 16.3. The van der Waals surface area contributed by atoms with Crippen LogP contribution in [0.3, 0.4) is 0 Å². The van der Waals surface area contributed by atoms with Gasteiger partial charge in [-0.2, -0.15) is 0 Å². The maximum absolute atomic E-state index is 12.0. The first-order valence-electron chi connectivity index (χ1n) is 7.74. The second kappa shape index (κ2) is 8.17. The van der Waals surface area contributed by atoms with Crippen molar-refractivity contribution in [1.82, 2.24) is 10.3 Å². The van der Waals surface area contributed by atoms with Crippen LogP contribution < -0.4 is 15.4 Å². The summed E-state index contributed by atoms with van der Waals surface area (Å²) in [5.41, 5.74) is 1.47. The third-order valence-electron chi connectivity index (χ3n) is 3.40. The molecule has 0 aliphatic heterocycles. The molecule has 5 nitrogen and oxygen atoms in total. The molecule has 23 heavy (non-hydrogen) atoms. The van der Waals surface area contributed by atoms with Gasteiger partial charge in [-0.15, -0.1) is 0 Å². The van der Waals surface area contributed by atoms with Gasteiger partial charge in [0.25, 0.3) is 5.91 Å². The highest BCUT2D eigenvalue weighted by Crippen LogP contribution is 2.18. The molecule has 1 amide bonds. The number of rotatable bonds is 7. The van der Waals surface area contributed by atoms with Crippen molar-refractivity contribution in [1.29, 1.82) is 0 Å². The van der Waals surface area contributed by atoms with Crippen LogP contribution in [0, 0.1) is 5.92 Å². The van der Waals surface area contributed by atoms with Crippen molar-refractivity contribution in [3.8, 4) is 5.75 Å². The Hall–Kier alpha value is -2.56. The molecule has 1 aromatic heterocycles. The van der Waals surface area contributed by atoms with Gasteiger partial charge in [-0.3, -0.25) is 4.79 Å². The minimum absolute atomic E-state index is 0.0888. The van der Waals surface area contributed by atoms with E-state index in [1.165, 1.54) is 0 Å². The van der Waals surface area contributed by atoms with Crippen molar-refractivity contribution in [3.05, 3.63) is 48.2 Å². The molecule has 1 heterocycles. The van der Waals surface area contributed by atoms with E-state index in [4.69, 9.17) is 4.74 Å². The van der Waals surface area contributed by atoms with Crippen molar-refractivity contribution in [2.45, 2.75) is 20.3 Å². The summed E-state index contributed by atoms with van der Waals surface area (Å²) in [6.45, 7) is 4.95. The van der Waals surface area contributed by atoms with Crippen molar-refractivity contribution < 1.29 is 9.53 Å². The molecule has 0 saturated carbocycles. The number of aromatic nitrogens is 1. The minimum atomic E-state index is -0.0888. The average molecular weight is 313 g/mol. The Morgan fingerprint density at radius 1 is 1.17 bits per heavy atom. The van der Waals surface area contributed by atoms with Crippen LogP contribution in [0.25, 0.3) is 0 Å². The largest absolute Gasteiger partial charge is 0.497 e. The molecule has 2 rings (SSSR count). The predicted molar refractivity (Wildman–Crippen MR) is 92.3 cm³/mol. The quantitative estimate of drug-likeness (QED) is 0.819. The van der Waals surface area contributed by atoms with E-state index < -0.39 is 0 Å². The number of nitrogens with zero attached hydrogens (tertiary/aromatic N) is 1. The van der Waals surface area contributed by atoms with Gasteiger partial charge in [0.05, 0.1) is 12.7 Å². The monoisotopic (exact) mass is 313 g/mol. The number of hydrogen-bond donors (Lipinski definition) is 2. The lowest BCUT2D eigenvalue weighted by atomic mass is 10.1. The highest BCUT2D eigenvalue weighted by Gasteiger charge is 2.06. The molecule has 0 atom stereocenters. The van der Waals surface area contributed by atoms with Crippen molar-refractivity contribution in [2.75, 3.05) is 19.0 Å². The lowest BCUT2D eigenvalue weighted by molar-refractivity contribution is 0.0951. The zero-order valence-corrected chi connectivity index (χ0v) is 13.8. The molecule has 0 bridgehead atoms. The van der Waals surface area contributed by atoms with Gasteiger partial charge in [0.2, 0.25) is 0 Å². The third kappa shape index (κ3) is 5.29. The number of hydrogen-bond acceptors (Lipinski definition) is 4. The molecule has 0 radical (unpaired) electrons. The number of benzene rings is 1. The molecular weight excluding hydrogens is 290 g/mol. The van der Waals surface area contributed by atoms with Crippen LogP contribution in [0.4, 0.5) is 11.5 Å². The maximum Gasteiger partial charge on any atom is 0.252 e. The number of nitrogens with one attached hydrogen (secondary N) is 2. The number of amides is 1. The molecule has 5 heteroatoms. The van der Waals surface area contributed by atoms with Gasteiger partial charge in [0.1, 0.15) is 11.6 Å². The summed E-state index contributed by atoms with van der Waals surface area (Å²) in [5.74, 6) is 1.98. The Kier molecular flexibility index (Phi) is 5.97. The molecule has 122 valence electrons. The Morgan fingerprint density at radius 2 is 1.91 bits per heavy atom. The molecule has 0 aliphatic carbocycles. The predicted octanol–water partition coefficient (Wildman–Crippen LogP) is 3.61. The van der Waals surface area contributed by atoms with E-state index in [2.05, 4.69) is 29.5 Å². The number of carbonyl (C=O) groups is 1. The minimum Gasteiger partial charge on any atom is -0.497 e. The van der Waals surface area contributed by atoms with Crippen molar-refractivity contribution in [3.63, 3.8) is 0 Å². The zero-order valence-electron chi connectivity index (χ0n) is 13.8. The number of ether oxygens (including phenoxy) is 1. The highest BCUT2D eigenvalue weighted by atomic mass is 16.5. The first kappa shape index (κ1) is 16.8. The summed E-state index contributed by atoms with van der Waals surface area (Å²) in [6, 6.07) is 11.1. The fraction of sp³-hybridized carbons (Fsp3) is 0.333. The maximum atomic E-state index is 12.0. The molecule has 2 aromatic rings. The summed E-state index contributed by atoms with van der Waals surface area (Å²) >= 11 is 0. The van der Waals surface area contributed by atoms with Gasteiger partial charge >= 0.3 is 0 Å². The average Bonchev–Trinajstić information content (AvgIpc) is 2.56. The number of carbonyl (C=O) groups excluding carboxylic acids is 1. The van der Waals surface area contributed by atoms with Gasteiger partial charge in [-0.1, -0.05) is 13.8 Å². The molecule has 0 fully saturated rings. The van der Waals surface area contributed by atoms with E-state index in [9.17, 15) is 4.79 Å². The van der Waals surface area contributed by atoms with Crippen LogP contribution in [0.2, 0.25) is 0 Å². The van der Waals surface area contributed by atoms with E-state index in [1.807, 2.05) is 24.3 Å². The summed E-state index contributed by atoms with van der Waals surface area (Å²) < 4.78 is 5.12. The van der Waals surface area contributed by atoms with Crippen LogP contribution in [-0.4, -0.2) is 24.5 Å². The second-order valence-corrected chi connectivity index (χ2v) is 5.72. The van der Waals surface area contributed by atoms with Gasteiger partial charge in [-0.25, -0.2) is 4.98 Å². The number of pyridine rings is 1. The van der Waals surface area contributed by atoms with E-state index in [0.717, 1.165) is 17.9 Å². The zero-order chi connectivity index (χ0) is 16.7. The third-order valence-corrected chi connectivity index (χ3v) is 3.40. The fourth-order valence-corrected chi connectivity index (χ4v) is 2.00.